The van der Waals surface area contributed by atoms with Crippen LogP contribution in [0.3, 0.4) is 0 Å². The van der Waals surface area contributed by atoms with Crippen LogP contribution in [0.5, 0.6) is 0 Å². The van der Waals surface area contributed by atoms with Gasteiger partial charge in [-0.1, -0.05) is 29.5 Å². The van der Waals surface area contributed by atoms with E-state index in [1.54, 1.807) is 11.3 Å². The zero-order chi connectivity index (χ0) is 15.5. The topological polar surface area (TPSA) is 61.3 Å². The van der Waals surface area contributed by atoms with E-state index >= 15 is 0 Å². The lowest BCUT2D eigenvalue weighted by atomic mass is 10.0. The van der Waals surface area contributed by atoms with Crippen molar-refractivity contribution in [3.63, 3.8) is 0 Å². The third-order valence-electron chi connectivity index (χ3n) is 4.10. The molecule has 3 rings (SSSR count). The van der Waals surface area contributed by atoms with E-state index in [-0.39, 0.29) is 12.1 Å². The number of hydrogen-bond donors (Lipinski definition) is 2. The molecule has 0 spiro atoms. The number of nitrogens with zero attached hydrogens (tertiary/aromatic N) is 3. The van der Waals surface area contributed by atoms with Gasteiger partial charge in [0.2, 0.25) is 0 Å². The number of β-amino-alcohol motifs (C(OH)–C–C–N with tert-alkyl or cyclic N) is 1. The zero-order valence-electron chi connectivity index (χ0n) is 13.0. The van der Waals surface area contributed by atoms with Crippen molar-refractivity contribution in [2.24, 2.45) is 0 Å². The molecule has 5 nitrogen and oxygen atoms in total. The molecule has 6 heteroatoms. The van der Waals surface area contributed by atoms with Crippen LogP contribution in [0, 0.1) is 6.92 Å². The SMILES string of the molecule is CNC(CN1CCC(O)C1)c1cccc(-c2nnc(C)s2)c1. The van der Waals surface area contributed by atoms with Gasteiger partial charge in [-0.15, -0.1) is 10.2 Å². The maximum absolute atomic E-state index is 9.67. The second-order valence-electron chi connectivity index (χ2n) is 5.80. The van der Waals surface area contributed by atoms with Gasteiger partial charge < -0.3 is 10.4 Å². The summed E-state index contributed by atoms with van der Waals surface area (Å²) in [6.45, 7) is 4.62. The number of aliphatic hydroxyl groups excluding tert-OH is 1. The molecule has 2 N–H and O–H groups in total. The zero-order valence-corrected chi connectivity index (χ0v) is 13.8. The average Bonchev–Trinajstić information content (AvgIpc) is 3.13. The fourth-order valence-electron chi connectivity index (χ4n) is 2.90. The molecule has 0 radical (unpaired) electrons. The van der Waals surface area contributed by atoms with Gasteiger partial charge in [-0.25, -0.2) is 0 Å². The van der Waals surface area contributed by atoms with Crippen molar-refractivity contribution in [1.29, 1.82) is 0 Å². The molecule has 0 saturated carbocycles. The summed E-state index contributed by atoms with van der Waals surface area (Å²) in [5.74, 6) is 0. The Bertz CT molecular complexity index is 630. The highest BCUT2D eigenvalue weighted by Gasteiger charge is 2.23. The summed E-state index contributed by atoms with van der Waals surface area (Å²) in [5.41, 5.74) is 2.36. The summed E-state index contributed by atoms with van der Waals surface area (Å²) >= 11 is 1.62. The van der Waals surface area contributed by atoms with Crippen LogP contribution in [0.4, 0.5) is 0 Å². The maximum atomic E-state index is 9.67. The van der Waals surface area contributed by atoms with Gasteiger partial charge in [0, 0.05) is 31.2 Å². The number of nitrogens with one attached hydrogen (secondary N) is 1. The van der Waals surface area contributed by atoms with E-state index in [0.717, 1.165) is 41.6 Å². The number of aromatic nitrogens is 2. The van der Waals surface area contributed by atoms with E-state index in [0.29, 0.717) is 0 Å². The fraction of sp³-hybridized carbons (Fsp3) is 0.500. The minimum absolute atomic E-state index is 0.173. The van der Waals surface area contributed by atoms with Gasteiger partial charge in [-0.3, -0.25) is 4.90 Å². The third kappa shape index (κ3) is 3.52. The van der Waals surface area contributed by atoms with Crippen LogP contribution in [-0.4, -0.2) is 53.0 Å². The molecule has 22 heavy (non-hydrogen) atoms. The van der Waals surface area contributed by atoms with E-state index in [9.17, 15) is 5.11 Å². The number of aliphatic hydroxyl groups is 1. The standard InChI is InChI=1S/C16H22N4OS/c1-11-18-19-16(22-11)13-5-3-4-12(8-13)15(17-2)10-20-7-6-14(21)9-20/h3-5,8,14-15,17,21H,6-7,9-10H2,1-2H3. The van der Waals surface area contributed by atoms with Gasteiger partial charge in [0.15, 0.2) is 0 Å². The largest absolute Gasteiger partial charge is 0.392 e. The maximum Gasteiger partial charge on any atom is 0.147 e. The lowest BCUT2D eigenvalue weighted by Gasteiger charge is -2.23. The van der Waals surface area contributed by atoms with Crippen LogP contribution >= 0.6 is 11.3 Å². The molecule has 2 aromatic rings. The van der Waals surface area contributed by atoms with Gasteiger partial charge in [0.1, 0.15) is 10.0 Å². The highest BCUT2D eigenvalue weighted by atomic mass is 32.1. The highest BCUT2D eigenvalue weighted by Crippen LogP contribution is 2.26. The smallest absolute Gasteiger partial charge is 0.147 e. The molecular weight excluding hydrogens is 296 g/mol. The first kappa shape index (κ1) is 15.6. The Morgan fingerprint density at radius 3 is 2.95 bits per heavy atom. The molecule has 1 aromatic carbocycles. The first-order valence-corrected chi connectivity index (χ1v) is 8.45. The average molecular weight is 318 g/mol. The van der Waals surface area contributed by atoms with E-state index in [4.69, 9.17) is 0 Å². The Labute approximate surface area is 135 Å². The summed E-state index contributed by atoms with van der Waals surface area (Å²) in [7, 11) is 1.99. The van der Waals surface area contributed by atoms with Crippen molar-refractivity contribution in [3.8, 4) is 10.6 Å². The number of likely N-dealkylation sites (N-methyl/N-ethyl adjacent to an activating group) is 1. The molecule has 1 fully saturated rings. The first-order valence-electron chi connectivity index (χ1n) is 7.64. The molecule has 2 heterocycles. The van der Waals surface area contributed by atoms with E-state index in [1.165, 1.54) is 5.56 Å². The molecule has 0 aliphatic carbocycles. The fourth-order valence-corrected chi connectivity index (χ4v) is 3.59. The number of likely N-dealkylation sites (tertiary alicyclic amines) is 1. The van der Waals surface area contributed by atoms with Crippen LogP contribution in [-0.2, 0) is 0 Å². The molecule has 2 unspecified atom stereocenters. The molecule has 118 valence electrons. The minimum atomic E-state index is -0.173. The summed E-state index contributed by atoms with van der Waals surface area (Å²) < 4.78 is 0. The lowest BCUT2D eigenvalue weighted by Crippen LogP contribution is -2.33. The summed E-state index contributed by atoms with van der Waals surface area (Å²) in [4.78, 5) is 2.31. The van der Waals surface area contributed by atoms with E-state index in [1.807, 2.05) is 14.0 Å². The van der Waals surface area contributed by atoms with Crippen LogP contribution in [0.15, 0.2) is 24.3 Å². The van der Waals surface area contributed by atoms with Crippen molar-refractivity contribution >= 4 is 11.3 Å². The Hall–Kier alpha value is -1.34. The Morgan fingerprint density at radius 1 is 1.45 bits per heavy atom. The van der Waals surface area contributed by atoms with Crippen molar-refractivity contribution in [1.82, 2.24) is 20.4 Å². The van der Waals surface area contributed by atoms with Gasteiger partial charge >= 0.3 is 0 Å². The molecule has 1 aliphatic rings. The second kappa shape index (κ2) is 6.83. The predicted molar refractivity (Wildman–Crippen MR) is 88.9 cm³/mol. The number of hydrogen-bond acceptors (Lipinski definition) is 6. The molecule has 0 bridgehead atoms. The Kier molecular flexibility index (Phi) is 4.83. The van der Waals surface area contributed by atoms with E-state index in [2.05, 4.69) is 44.7 Å². The van der Waals surface area contributed by atoms with Gasteiger partial charge in [-0.2, -0.15) is 0 Å². The predicted octanol–water partition coefficient (Wildman–Crippen LogP) is 1.84. The quantitative estimate of drug-likeness (QED) is 0.881. The van der Waals surface area contributed by atoms with Crippen LogP contribution in [0.25, 0.3) is 10.6 Å². The summed E-state index contributed by atoms with van der Waals surface area (Å²) in [5, 5.41) is 23.3. The number of aryl methyl sites for hydroxylation is 1. The number of rotatable bonds is 5. The second-order valence-corrected chi connectivity index (χ2v) is 6.98. The van der Waals surface area contributed by atoms with Crippen LogP contribution in [0.1, 0.15) is 23.0 Å². The molecule has 2 atom stereocenters. The Morgan fingerprint density at radius 2 is 2.32 bits per heavy atom. The molecule has 1 aliphatic heterocycles. The van der Waals surface area contributed by atoms with Gasteiger partial charge in [-0.05, 0) is 32.0 Å². The van der Waals surface area contributed by atoms with Crippen molar-refractivity contribution in [2.75, 3.05) is 26.7 Å². The third-order valence-corrected chi connectivity index (χ3v) is 4.99. The molecule has 0 amide bonds. The van der Waals surface area contributed by atoms with E-state index < -0.39 is 0 Å². The summed E-state index contributed by atoms with van der Waals surface area (Å²) in [6.07, 6.45) is 0.703. The van der Waals surface area contributed by atoms with Gasteiger partial charge in [0.25, 0.3) is 0 Å². The highest BCUT2D eigenvalue weighted by molar-refractivity contribution is 7.14. The van der Waals surface area contributed by atoms with Crippen LogP contribution < -0.4 is 5.32 Å². The molecule has 1 saturated heterocycles. The van der Waals surface area contributed by atoms with Crippen molar-refractivity contribution in [3.05, 3.63) is 34.8 Å². The minimum Gasteiger partial charge on any atom is -0.392 e. The van der Waals surface area contributed by atoms with Crippen molar-refractivity contribution < 1.29 is 5.11 Å². The van der Waals surface area contributed by atoms with Gasteiger partial charge in [0.05, 0.1) is 6.10 Å². The summed E-state index contributed by atoms with van der Waals surface area (Å²) in [6, 6.07) is 8.73. The van der Waals surface area contributed by atoms with Crippen LogP contribution in [0.2, 0.25) is 0 Å². The van der Waals surface area contributed by atoms with Crippen molar-refractivity contribution in [2.45, 2.75) is 25.5 Å². The lowest BCUT2D eigenvalue weighted by molar-refractivity contribution is 0.173. The normalized spacial score (nSPS) is 20.4. The Balaban J connectivity index is 1.77. The monoisotopic (exact) mass is 318 g/mol. The first-order chi connectivity index (χ1) is 10.7. The molecular formula is C16H22N4OS. The molecule has 1 aromatic heterocycles. The number of benzene rings is 1.